The van der Waals surface area contributed by atoms with Crippen molar-refractivity contribution >= 4 is 11.6 Å². The van der Waals surface area contributed by atoms with Crippen molar-refractivity contribution < 1.29 is 13.9 Å². The number of aromatic nitrogens is 4. The zero-order valence-electron chi connectivity index (χ0n) is 10.2. The zero-order valence-corrected chi connectivity index (χ0v) is 10.2. The lowest BCUT2D eigenvalue weighted by molar-refractivity contribution is -0.120. The smallest absolute Gasteiger partial charge is 0.250 e. The van der Waals surface area contributed by atoms with Crippen molar-refractivity contribution in [1.82, 2.24) is 20.2 Å². The molecule has 0 aliphatic rings. The molecule has 2 rings (SSSR count). The van der Waals surface area contributed by atoms with Crippen molar-refractivity contribution in [2.24, 2.45) is 0 Å². The van der Waals surface area contributed by atoms with E-state index in [-0.39, 0.29) is 12.3 Å². The van der Waals surface area contributed by atoms with Gasteiger partial charge >= 0.3 is 0 Å². The van der Waals surface area contributed by atoms with Gasteiger partial charge in [-0.1, -0.05) is 0 Å². The minimum absolute atomic E-state index is 0.0534. The van der Waals surface area contributed by atoms with Gasteiger partial charge in [-0.3, -0.25) is 4.79 Å². The SMILES string of the molecule is CCOCC(=O)Nc1cc(-n2cnnn2)ccc1F. The van der Waals surface area contributed by atoms with Crippen molar-refractivity contribution in [1.29, 1.82) is 0 Å². The highest BCUT2D eigenvalue weighted by Crippen LogP contribution is 2.18. The van der Waals surface area contributed by atoms with Crippen molar-refractivity contribution in [2.75, 3.05) is 18.5 Å². The van der Waals surface area contributed by atoms with Gasteiger partial charge in [-0.15, -0.1) is 5.10 Å². The summed E-state index contributed by atoms with van der Waals surface area (Å²) in [5, 5.41) is 13.1. The summed E-state index contributed by atoms with van der Waals surface area (Å²) < 4.78 is 19.9. The van der Waals surface area contributed by atoms with E-state index in [0.29, 0.717) is 12.3 Å². The summed E-state index contributed by atoms with van der Waals surface area (Å²) in [7, 11) is 0. The molecule has 0 aliphatic heterocycles. The second kappa shape index (κ2) is 6.01. The Bertz CT molecular complexity index is 558. The number of nitrogens with zero attached hydrogens (tertiary/aromatic N) is 4. The maximum Gasteiger partial charge on any atom is 0.250 e. The molecule has 0 spiro atoms. The highest BCUT2D eigenvalue weighted by Gasteiger charge is 2.09. The Morgan fingerprint density at radius 2 is 2.37 bits per heavy atom. The van der Waals surface area contributed by atoms with Crippen LogP contribution in [0.2, 0.25) is 0 Å². The zero-order chi connectivity index (χ0) is 13.7. The van der Waals surface area contributed by atoms with E-state index in [1.165, 1.54) is 29.2 Å². The molecule has 1 amide bonds. The van der Waals surface area contributed by atoms with Gasteiger partial charge < -0.3 is 10.1 Å². The van der Waals surface area contributed by atoms with E-state index in [1.54, 1.807) is 6.92 Å². The van der Waals surface area contributed by atoms with Gasteiger partial charge in [0.05, 0.1) is 11.4 Å². The highest BCUT2D eigenvalue weighted by molar-refractivity contribution is 5.92. The third kappa shape index (κ3) is 3.32. The Balaban J connectivity index is 2.16. The second-order valence-corrected chi connectivity index (χ2v) is 3.60. The van der Waals surface area contributed by atoms with Gasteiger partial charge in [0.15, 0.2) is 0 Å². The summed E-state index contributed by atoms with van der Waals surface area (Å²) in [5.74, 6) is -0.962. The number of rotatable bonds is 5. The maximum absolute atomic E-state index is 13.6. The normalized spacial score (nSPS) is 10.4. The number of hydrogen-bond acceptors (Lipinski definition) is 5. The molecule has 0 bridgehead atoms. The van der Waals surface area contributed by atoms with E-state index in [9.17, 15) is 9.18 Å². The Labute approximate surface area is 108 Å². The number of tetrazole rings is 1. The Hall–Kier alpha value is -2.35. The van der Waals surface area contributed by atoms with Crippen LogP contribution >= 0.6 is 0 Å². The van der Waals surface area contributed by atoms with Gasteiger partial charge in [0, 0.05) is 6.61 Å². The molecular formula is C11H12FN5O2. The first-order chi connectivity index (χ1) is 9.20. The lowest BCUT2D eigenvalue weighted by atomic mass is 10.2. The minimum Gasteiger partial charge on any atom is -0.372 e. The Morgan fingerprint density at radius 3 is 3.05 bits per heavy atom. The average molecular weight is 265 g/mol. The van der Waals surface area contributed by atoms with Crippen LogP contribution in [0.5, 0.6) is 0 Å². The van der Waals surface area contributed by atoms with Gasteiger partial charge in [-0.05, 0) is 35.5 Å². The van der Waals surface area contributed by atoms with Crippen molar-refractivity contribution in [2.45, 2.75) is 6.92 Å². The first kappa shape index (κ1) is 13.1. The van der Waals surface area contributed by atoms with E-state index in [1.807, 2.05) is 0 Å². The molecule has 7 nitrogen and oxygen atoms in total. The molecule has 0 unspecified atom stereocenters. The number of anilines is 1. The molecule has 0 fully saturated rings. The molecule has 0 saturated carbocycles. The van der Waals surface area contributed by atoms with Crippen LogP contribution in [-0.2, 0) is 9.53 Å². The molecular weight excluding hydrogens is 253 g/mol. The van der Waals surface area contributed by atoms with Crippen LogP contribution in [0.25, 0.3) is 5.69 Å². The van der Waals surface area contributed by atoms with Crippen LogP contribution in [0.15, 0.2) is 24.5 Å². The van der Waals surface area contributed by atoms with Gasteiger partial charge in [-0.25, -0.2) is 9.07 Å². The molecule has 2 aromatic rings. The predicted octanol–water partition coefficient (Wildman–Crippen LogP) is 0.776. The molecule has 0 atom stereocenters. The van der Waals surface area contributed by atoms with Gasteiger partial charge in [0.25, 0.3) is 0 Å². The van der Waals surface area contributed by atoms with E-state index in [4.69, 9.17) is 4.74 Å². The van der Waals surface area contributed by atoms with Gasteiger partial charge in [0.2, 0.25) is 5.91 Å². The number of hydrogen-bond donors (Lipinski definition) is 1. The Morgan fingerprint density at radius 1 is 1.53 bits per heavy atom. The third-order valence-corrected chi connectivity index (χ3v) is 2.27. The molecule has 1 heterocycles. The molecule has 1 aromatic heterocycles. The number of nitrogens with one attached hydrogen (secondary N) is 1. The quantitative estimate of drug-likeness (QED) is 0.863. The van der Waals surface area contributed by atoms with Gasteiger partial charge in [0.1, 0.15) is 18.8 Å². The number of halogens is 1. The van der Waals surface area contributed by atoms with Crippen molar-refractivity contribution in [3.8, 4) is 5.69 Å². The number of ether oxygens (including phenoxy) is 1. The first-order valence-electron chi connectivity index (χ1n) is 5.61. The van der Waals surface area contributed by atoms with E-state index >= 15 is 0 Å². The Kier molecular flexibility index (Phi) is 4.14. The first-order valence-corrected chi connectivity index (χ1v) is 5.61. The van der Waals surface area contributed by atoms with Crippen LogP contribution < -0.4 is 5.32 Å². The van der Waals surface area contributed by atoms with Crippen molar-refractivity contribution in [3.63, 3.8) is 0 Å². The summed E-state index contributed by atoms with van der Waals surface area (Å²) in [6.07, 6.45) is 1.37. The van der Waals surface area contributed by atoms with Crippen molar-refractivity contribution in [3.05, 3.63) is 30.3 Å². The molecule has 0 radical (unpaired) electrons. The molecule has 0 saturated heterocycles. The standard InChI is InChI=1S/C11H12FN5O2/c1-2-19-6-11(18)14-10-5-8(3-4-9(10)12)17-7-13-15-16-17/h3-5,7H,2,6H2,1H3,(H,14,18). The second-order valence-electron chi connectivity index (χ2n) is 3.60. The highest BCUT2D eigenvalue weighted by atomic mass is 19.1. The number of benzene rings is 1. The largest absolute Gasteiger partial charge is 0.372 e. The molecule has 100 valence electrons. The number of carbonyl (C=O) groups is 1. The molecule has 1 aromatic carbocycles. The van der Waals surface area contributed by atoms with Crippen LogP contribution in [-0.4, -0.2) is 39.3 Å². The minimum atomic E-state index is -0.540. The summed E-state index contributed by atoms with van der Waals surface area (Å²) in [4.78, 5) is 11.5. The number of amides is 1. The average Bonchev–Trinajstić information content (AvgIpc) is 2.93. The molecule has 19 heavy (non-hydrogen) atoms. The van der Waals surface area contributed by atoms with Crippen LogP contribution in [0, 0.1) is 5.82 Å². The van der Waals surface area contributed by atoms with Crippen LogP contribution in [0.3, 0.4) is 0 Å². The fourth-order valence-electron chi connectivity index (χ4n) is 1.41. The van der Waals surface area contributed by atoms with Crippen LogP contribution in [0.1, 0.15) is 6.92 Å². The number of carbonyl (C=O) groups excluding carboxylic acids is 1. The fourth-order valence-corrected chi connectivity index (χ4v) is 1.41. The molecule has 8 heteroatoms. The van der Waals surface area contributed by atoms with Gasteiger partial charge in [-0.2, -0.15) is 0 Å². The van der Waals surface area contributed by atoms with Crippen LogP contribution in [0.4, 0.5) is 10.1 Å². The van der Waals surface area contributed by atoms with E-state index in [0.717, 1.165) is 0 Å². The summed E-state index contributed by atoms with van der Waals surface area (Å²) in [5.41, 5.74) is 0.593. The lowest BCUT2D eigenvalue weighted by Gasteiger charge is -2.08. The van der Waals surface area contributed by atoms with E-state index in [2.05, 4.69) is 20.8 Å². The topological polar surface area (TPSA) is 81.9 Å². The predicted molar refractivity (Wildman–Crippen MR) is 64.2 cm³/mol. The lowest BCUT2D eigenvalue weighted by Crippen LogP contribution is -2.19. The fraction of sp³-hybridized carbons (Fsp3) is 0.273. The monoisotopic (exact) mass is 265 g/mol. The van der Waals surface area contributed by atoms with E-state index < -0.39 is 11.7 Å². The summed E-state index contributed by atoms with van der Waals surface area (Å²) in [6, 6.07) is 4.17. The molecule has 1 N–H and O–H groups in total. The summed E-state index contributed by atoms with van der Waals surface area (Å²) >= 11 is 0. The summed E-state index contributed by atoms with van der Waals surface area (Å²) in [6.45, 7) is 2.07. The third-order valence-electron chi connectivity index (χ3n) is 2.27. The maximum atomic E-state index is 13.6. The molecule has 0 aliphatic carbocycles.